The number of nitrogens with zero attached hydrogens (tertiary/aromatic N) is 4. The van der Waals surface area contributed by atoms with Crippen LogP contribution in [0, 0.1) is 0 Å². The van der Waals surface area contributed by atoms with E-state index in [1.807, 2.05) is 41.5 Å². The number of piperidine rings is 2. The quantitative estimate of drug-likeness (QED) is 0.393. The lowest BCUT2D eigenvalue weighted by Crippen LogP contribution is -2.47. The molecule has 2 amide bonds. The zero-order valence-corrected chi connectivity index (χ0v) is 26.7. The Morgan fingerprint density at radius 3 is 1.76 bits per heavy atom. The molecular formula is C30H42Cl2N4O6. The summed E-state index contributed by atoms with van der Waals surface area (Å²) in [6.07, 6.45) is 5.93. The van der Waals surface area contributed by atoms with E-state index < -0.39 is 16.8 Å². The summed E-state index contributed by atoms with van der Waals surface area (Å²) < 4.78 is 10.5. The highest BCUT2D eigenvalue weighted by molar-refractivity contribution is 6.31. The number of ketones is 1. The second kappa shape index (κ2) is 15.5. The molecule has 10 nitrogen and oxygen atoms in total. The number of aliphatic hydroxyl groups is 1. The number of halogens is 2. The van der Waals surface area contributed by atoms with Crippen molar-refractivity contribution in [2.75, 3.05) is 26.2 Å². The summed E-state index contributed by atoms with van der Waals surface area (Å²) >= 11 is 11.6. The number of pyridine rings is 2. The molecule has 2 aromatic rings. The van der Waals surface area contributed by atoms with Crippen molar-refractivity contribution in [1.82, 2.24) is 19.8 Å². The van der Waals surface area contributed by atoms with Crippen LogP contribution in [0.5, 0.6) is 0 Å². The Hall–Kier alpha value is -2.95. The molecule has 0 bridgehead atoms. The van der Waals surface area contributed by atoms with Crippen LogP contribution in [-0.4, -0.2) is 80.2 Å². The number of hydrogen-bond acceptors (Lipinski definition) is 8. The van der Waals surface area contributed by atoms with E-state index in [-0.39, 0.29) is 18.0 Å². The average Bonchev–Trinajstić information content (AvgIpc) is 2.89. The van der Waals surface area contributed by atoms with Crippen LogP contribution in [-0.2, 0) is 19.9 Å². The fourth-order valence-electron chi connectivity index (χ4n) is 3.96. The van der Waals surface area contributed by atoms with Crippen molar-refractivity contribution in [2.24, 2.45) is 0 Å². The third-order valence-electron chi connectivity index (χ3n) is 6.04. The van der Waals surface area contributed by atoms with Gasteiger partial charge < -0.3 is 24.4 Å². The molecule has 0 aromatic carbocycles. The number of Topliss-reactive ketones (excluding diaryl/α,β-unsaturated/α-hetero) is 1. The smallest absolute Gasteiger partial charge is 0.410 e. The predicted octanol–water partition coefficient (Wildman–Crippen LogP) is 6.27. The van der Waals surface area contributed by atoms with Gasteiger partial charge in [-0.3, -0.25) is 14.8 Å². The Morgan fingerprint density at radius 1 is 0.857 bits per heavy atom. The number of carbonyl (C=O) groups excluding carboxylic acids is 3. The Labute approximate surface area is 258 Å². The molecular weight excluding hydrogens is 583 g/mol. The second-order valence-electron chi connectivity index (χ2n) is 12.0. The van der Waals surface area contributed by atoms with Crippen molar-refractivity contribution in [3.63, 3.8) is 0 Å². The van der Waals surface area contributed by atoms with Gasteiger partial charge in [-0.1, -0.05) is 23.2 Å². The van der Waals surface area contributed by atoms with E-state index in [1.165, 1.54) is 0 Å². The molecule has 2 aromatic heterocycles. The first-order valence-electron chi connectivity index (χ1n) is 13.9. The van der Waals surface area contributed by atoms with Gasteiger partial charge in [0.25, 0.3) is 0 Å². The van der Waals surface area contributed by atoms with E-state index in [0.717, 1.165) is 0 Å². The first-order valence-corrected chi connectivity index (χ1v) is 14.6. The number of amides is 2. The van der Waals surface area contributed by atoms with Crippen molar-refractivity contribution in [1.29, 1.82) is 0 Å². The van der Waals surface area contributed by atoms with Crippen molar-refractivity contribution >= 4 is 41.2 Å². The number of carbonyl (C=O) groups is 3. The Kier molecular flexibility index (Phi) is 13.0. The zero-order valence-electron chi connectivity index (χ0n) is 25.2. The van der Waals surface area contributed by atoms with E-state index in [1.54, 1.807) is 52.7 Å². The molecule has 1 N–H and O–H groups in total. The molecule has 0 atom stereocenters. The molecule has 2 saturated heterocycles. The van der Waals surface area contributed by atoms with Crippen LogP contribution >= 0.6 is 23.2 Å². The van der Waals surface area contributed by atoms with Crippen molar-refractivity contribution in [2.45, 2.75) is 84.0 Å². The van der Waals surface area contributed by atoms with Gasteiger partial charge in [0.2, 0.25) is 0 Å². The highest BCUT2D eigenvalue weighted by Gasteiger charge is 2.39. The van der Waals surface area contributed by atoms with Gasteiger partial charge in [-0.25, -0.2) is 9.59 Å². The van der Waals surface area contributed by atoms with Crippen LogP contribution in [0.25, 0.3) is 0 Å². The van der Waals surface area contributed by atoms with Crippen molar-refractivity contribution < 1.29 is 29.0 Å². The summed E-state index contributed by atoms with van der Waals surface area (Å²) in [5, 5.41) is 11.9. The van der Waals surface area contributed by atoms with Crippen LogP contribution < -0.4 is 0 Å². The minimum absolute atomic E-state index is 0.227. The first kappa shape index (κ1) is 35.2. The summed E-state index contributed by atoms with van der Waals surface area (Å²) in [6, 6.07) is 7.02. The lowest BCUT2D eigenvalue weighted by atomic mass is 9.88. The maximum atomic E-state index is 12.0. The maximum Gasteiger partial charge on any atom is 0.410 e. The van der Waals surface area contributed by atoms with Gasteiger partial charge in [0.05, 0.1) is 15.7 Å². The fraction of sp³-hybridized carbons (Fsp3) is 0.567. The summed E-state index contributed by atoms with van der Waals surface area (Å²) in [7, 11) is 0. The SMILES string of the molecule is CC(C)(C)OC(=O)N1CCC(=O)CC1.CC(C)(C)OC(=O)N1CCC(O)(c2ncccc2Cl)CC1.Clc1cccnc1. The maximum absolute atomic E-state index is 12.0. The minimum atomic E-state index is -1.09. The van der Waals surface area contributed by atoms with Gasteiger partial charge in [0.15, 0.2) is 0 Å². The second-order valence-corrected chi connectivity index (χ2v) is 12.9. The van der Waals surface area contributed by atoms with Crippen molar-refractivity contribution in [3.05, 3.63) is 58.6 Å². The monoisotopic (exact) mass is 624 g/mol. The normalized spacial score (nSPS) is 16.7. The van der Waals surface area contributed by atoms with Crippen LogP contribution in [0.2, 0.25) is 10.0 Å². The number of ether oxygens (including phenoxy) is 2. The van der Waals surface area contributed by atoms with Gasteiger partial charge in [-0.05, 0) is 78.6 Å². The molecule has 4 heterocycles. The van der Waals surface area contributed by atoms with Crippen LogP contribution in [0.1, 0.15) is 72.9 Å². The molecule has 42 heavy (non-hydrogen) atoms. The van der Waals surface area contributed by atoms with Crippen LogP contribution in [0.4, 0.5) is 9.59 Å². The standard InChI is InChI=1S/C15H21ClN2O3.C10H17NO3.C5H4ClN/c1-14(2,3)21-13(19)18-9-6-15(20,7-10-18)12-11(16)5-4-8-17-12;1-10(2,3)14-9(13)11-6-4-8(12)5-7-11;6-5-2-1-3-7-4-5/h4-5,8,20H,6-7,9-10H2,1-3H3;4-7H2,1-3H3;1-4H. The molecule has 0 unspecified atom stereocenters. The fourth-order valence-corrected chi connectivity index (χ4v) is 4.38. The molecule has 2 aliphatic heterocycles. The molecule has 0 aliphatic carbocycles. The molecule has 2 fully saturated rings. The summed E-state index contributed by atoms with van der Waals surface area (Å²) in [5.41, 5.74) is -1.58. The van der Waals surface area contributed by atoms with E-state index in [0.29, 0.717) is 67.6 Å². The molecule has 0 radical (unpaired) electrons. The third kappa shape index (κ3) is 12.5. The Balaban J connectivity index is 0.000000250. The molecule has 0 spiro atoms. The Morgan fingerprint density at radius 2 is 1.36 bits per heavy atom. The van der Waals surface area contributed by atoms with Gasteiger partial charge in [-0.15, -0.1) is 0 Å². The largest absolute Gasteiger partial charge is 0.444 e. The van der Waals surface area contributed by atoms with Crippen molar-refractivity contribution in [3.8, 4) is 0 Å². The molecule has 0 saturated carbocycles. The van der Waals surface area contributed by atoms with Gasteiger partial charge in [0, 0.05) is 57.6 Å². The number of likely N-dealkylation sites (tertiary alicyclic amines) is 2. The molecule has 232 valence electrons. The summed E-state index contributed by atoms with van der Waals surface area (Å²) in [4.78, 5) is 45.6. The molecule has 2 aliphatic rings. The lowest BCUT2D eigenvalue weighted by Gasteiger charge is -2.38. The number of hydrogen-bond donors (Lipinski definition) is 1. The first-order chi connectivity index (χ1) is 19.5. The predicted molar refractivity (Wildman–Crippen MR) is 161 cm³/mol. The number of aromatic nitrogens is 2. The Bertz CT molecular complexity index is 1170. The van der Waals surface area contributed by atoms with E-state index in [4.69, 9.17) is 32.7 Å². The van der Waals surface area contributed by atoms with E-state index in [9.17, 15) is 19.5 Å². The highest BCUT2D eigenvalue weighted by atomic mass is 35.5. The zero-order chi connectivity index (χ0) is 31.6. The molecule has 12 heteroatoms. The van der Waals surface area contributed by atoms with Gasteiger partial charge in [-0.2, -0.15) is 0 Å². The van der Waals surface area contributed by atoms with Gasteiger partial charge >= 0.3 is 12.2 Å². The topological polar surface area (TPSA) is 122 Å². The number of rotatable bonds is 1. The lowest BCUT2D eigenvalue weighted by molar-refractivity contribution is -0.121. The summed E-state index contributed by atoms with van der Waals surface area (Å²) in [5.74, 6) is 0.227. The van der Waals surface area contributed by atoms with Crippen LogP contribution in [0.3, 0.4) is 0 Å². The van der Waals surface area contributed by atoms with E-state index in [2.05, 4.69) is 9.97 Å². The van der Waals surface area contributed by atoms with E-state index >= 15 is 0 Å². The van der Waals surface area contributed by atoms with Gasteiger partial charge in [0.1, 0.15) is 22.6 Å². The third-order valence-corrected chi connectivity index (χ3v) is 6.57. The minimum Gasteiger partial charge on any atom is -0.444 e. The van der Waals surface area contributed by atoms with Crippen LogP contribution in [0.15, 0.2) is 42.9 Å². The summed E-state index contributed by atoms with van der Waals surface area (Å²) in [6.45, 7) is 12.8. The highest BCUT2D eigenvalue weighted by Crippen LogP contribution is 2.35. The average molecular weight is 626 g/mol. The molecule has 4 rings (SSSR count).